The third kappa shape index (κ3) is 3.78. The quantitative estimate of drug-likeness (QED) is 0.440. The summed E-state index contributed by atoms with van der Waals surface area (Å²) in [5, 5.41) is 11.1. The first-order valence-corrected chi connectivity index (χ1v) is 10.5. The fourth-order valence-electron chi connectivity index (χ4n) is 3.75. The molecule has 9 heteroatoms. The number of benzene rings is 2. The molecule has 1 aromatic heterocycles. The summed E-state index contributed by atoms with van der Waals surface area (Å²) in [6, 6.07) is 12.6. The summed E-state index contributed by atoms with van der Waals surface area (Å²) in [6.45, 7) is 3.22. The van der Waals surface area contributed by atoms with Gasteiger partial charge in [-0.15, -0.1) is 0 Å². The molecule has 0 N–H and O–H groups in total. The van der Waals surface area contributed by atoms with Gasteiger partial charge >= 0.3 is 0 Å². The monoisotopic (exact) mass is 449 g/mol. The van der Waals surface area contributed by atoms with Crippen LogP contribution in [0.1, 0.15) is 31.0 Å². The van der Waals surface area contributed by atoms with E-state index in [-0.39, 0.29) is 17.0 Å². The highest BCUT2D eigenvalue weighted by Crippen LogP contribution is 2.31. The van der Waals surface area contributed by atoms with Crippen molar-refractivity contribution in [3.63, 3.8) is 0 Å². The third-order valence-electron chi connectivity index (χ3n) is 5.21. The second kappa shape index (κ2) is 8.35. The average molecular weight is 449 g/mol. The van der Waals surface area contributed by atoms with Crippen LogP contribution in [0.25, 0.3) is 6.08 Å². The first-order chi connectivity index (χ1) is 15.3. The molecule has 2 heterocycles. The van der Waals surface area contributed by atoms with Crippen molar-refractivity contribution >= 4 is 28.9 Å². The highest BCUT2D eigenvalue weighted by molar-refractivity contribution is 7.07. The fraction of sp³-hybridized carbons (Fsp3) is 0.174. The lowest BCUT2D eigenvalue weighted by atomic mass is 9.93. The molecular weight excluding hydrogens is 430 g/mol. The third-order valence-corrected chi connectivity index (χ3v) is 6.19. The molecule has 0 saturated carbocycles. The number of ketones is 1. The average Bonchev–Trinajstić information content (AvgIpc) is 3.07. The number of ether oxygens (including phenoxy) is 1. The first kappa shape index (κ1) is 21.4. The van der Waals surface area contributed by atoms with Crippen LogP contribution < -0.4 is 19.6 Å². The number of carbonyl (C=O) groups is 1. The number of nitro benzene ring substituents is 1. The van der Waals surface area contributed by atoms with Crippen LogP contribution >= 0.6 is 11.3 Å². The summed E-state index contributed by atoms with van der Waals surface area (Å²) in [5.41, 5.74) is 1.93. The zero-order valence-electron chi connectivity index (χ0n) is 17.6. The van der Waals surface area contributed by atoms with E-state index >= 15 is 0 Å². The van der Waals surface area contributed by atoms with E-state index in [0.717, 1.165) is 5.56 Å². The minimum absolute atomic E-state index is 0.0580. The molecule has 0 saturated heterocycles. The summed E-state index contributed by atoms with van der Waals surface area (Å²) in [6.07, 6.45) is 1.61. The van der Waals surface area contributed by atoms with Crippen molar-refractivity contribution in [1.82, 2.24) is 4.57 Å². The zero-order chi connectivity index (χ0) is 23.0. The molecule has 0 aliphatic carbocycles. The number of carbonyl (C=O) groups excluding carboxylic acids is 1. The Morgan fingerprint density at radius 2 is 1.97 bits per heavy atom. The van der Waals surface area contributed by atoms with Gasteiger partial charge in [0, 0.05) is 23.4 Å². The molecule has 1 aliphatic rings. The molecule has 0 amide bonds. The molecule has 0 spiro atoms. The summed E-state index contributed by atoms with van der Waals surface area (Å²) >= 11 is 1.18. The normalized spacial score (nSPS) is 15.8. The Balaban J connectivity index is 1.93. The Bertz CT molecular complexity index is 1450. The van der Waals surface area contributed by atoms with Crippen LogP contribution in [0.2, 0.25) is 0 Å². The van der Waals surface area contributed by atoms with Gasteiger partial charge in [0.05, 0.1) is 22.6 Å². The lowest BCUT2D eigenvalue weighted by Crippen LogP contribution is -2.39. The van der Waals surface area contributed by atoms with Crippen LogP contribution in [0.3, 0.4) is 0 Å². The maximum atomic E-state index is 13.4. The van der Waals surface area contributed by atoms with Crippen molar-refractivity contribution in [2.45, 2.75) is 19.9 Å². The Morgan fingerprint density at radius 1 is 1.25 bits per heavy atom. The van der Waals surface area contributed by atoms with E-state index in [9.17, 15) is 19.7 Å². The van der Waals surface area contributed by atoms with Crippen molar-refractivity contribution in [3.05, 3.63) is 101 Å². The number of Topliss-reactive ketones (excluding diaryl/α,β-unsaturated/α-hetero) is 1. The van der Waals surface area contributed by atoms with Crippen LogP contribution in [0, 0.1) is 10.1 Å². The Morgan fingerprint density at radius 3 is 2.59 bits per heavy atom. The number of aromatic nitrogens is 1. The molecule has 8 nitrogen and oxygen atoms in total. The molecule has 0 radical (unpaired) electrons. The van der Waals surface area contributed by atoms with E-state index in [0.29, 0.717) is 31.9 Å². The second-order valence-electron chi connectivity index (χ2n) is 7.26. The second-order valence-corrected chi connectivity index (χ2v) is 8.27. The van der Waals surface area contributed by atoms with E-state index in [1.54, 1.807) is 44.4 Å². The van der Waals surface area contributed by atoms with Gasteiger partial charge in [0.1, 0.15) is 5.75 Å². The number of fused-ring (bicyclic) bond motifs is 1. The number of nitro groups is 1. The Kier molecular flexibility index (Phi) is 5.58. The standard InChI is InChI=1S/C23H19N3O5S/c1-13-20(14(2)27)21(16-7-9-18(31-3)10-8-16)25-22(28)19(32-23(25)24-13)12-15-5-4-6-17(11-15)26(29)30/h4-12,21H,1-3H3/b19-12+/t21-/m1/s1. The molecule has 0 bridgehead atoms. The highest BCUT2D eigenvalue weighted by Gasteiger charge is 2.30. The predicted octanol–water partition coefficient (Wildman–Crippen LogP) is 2.74. The summed E-state index contributed by atoms with van der Waals surface area (Å²) in [7, 11) is 1.57. The molecule has 0 unspecified atom stereocenters. The number of rotatable bonds is 5. The number of nitrogens with zero attached hydrogens (tertiary/aromatic N) is 3. The molecule has 2 aromatic carbocycles. The molecule has 1 atom stereocenters. The molecule has 4 rings (SSSR count). The van der Waals surface area contributed by atoms with E-state index in [1.807, 2.05) is 12.1 Å². The SMILES string of the molecule is COc1ccc([C@@H]2C(C(C)=O)=C(C)N=c3s/c(=C/c4cccc([N+](=O)[O-])c4)c(=O)n32)cc1. The maximum Gasteiger partial charge on any atom is 0.271 e. The minimum atomic E-state index is -0.623. The van der Waals surface area contributed by atoms with Gasteiger partial charge in [-0.3, -0.25) is 24.3 Å². The molecule has 1 aliphatic heterocycles. The molecule has 32 heavy (non-hydrogen) atoms. The van der Waals surface area contributed by atoms with E-state index < -0.39 is 11.0 Å². The van der Waals surface area contributed by atoms with Gasteiger partial charge < -0.3 is 4.74 Å². The van der Waals surface area contributed by atoms with Crippen LogP contribution in [-0.4, -0.2) is 22.4 Å². The van der Waals surface area contributed by atoms with Crippen molar-refractivity contribution in [1.29, 1.82) is 0 Å². The molecule has 3 aromatic rings. The van der Waals surface area contributed by atoms with Crippen molar-refractivity contribution < 1.29 is 14.5 Å². The summed E-state index contributed by atoms with van der Waals surface area (Å²) < 4.78 is 7.11. The van der Waals surface area contributed by atoms with E-state index in [4.69, 9.17) is 4.74 Å². The number of hydrogen-bond donors (Lipinski definition) is 0. The van der Waals surface area contributed by atoms with Crippen LogP contribution in [-0.2, 0) is 4.79 Å². The number of methoxy groups -OCH3 is 1. The largest absolute Gasteiger partial charge is 0.497 e. The van der Waals surface area contributed by atoms with Gasteiger partial charge in [0.15, 0.2) is 10.6 Å². The van der Waals surface area contributed by atoms with Gasteiger partial charge in [-0.1, -0.05) is 35.6 Å². The molecule has 0 fully saturated rings. The van der Waals surface area contributed by atoms with Crippen molar-refractivity contribution in [3.8, 4) is 5.75 Å². The lowest BCUT2D eigenvalue weighted by Gasteiger charge is -2.24. The van der Waals surface area contributed by atoms with E-state index in [1.165, 1.54) is 35.0 Å². The highest BCUT2D eigenvalue weighted by atomic mass is 32.1. The van der Waals surface area contributed by atoms with Crippen molar-refractivity contribution in [2.24, 2.45) is 4.99 Å². The lowest BCUT2D eigenvalue weighted by molar-refractivity contribution is -0.384. The van der Waals surface area contributed by atoms with Crippen molar-refractivity contribution in [2.75, 3.05) is 7.11 Å². The summed E-state index contributed by atoms with van der Waals surface area (Å²) in [5.74, 6) is 0.497. The Labute approximate surface area is 186 Å². The number of allylic oxidation sites excluding steroid dienone is 2. The number of hydrogen-bond acceptors (Lipinski definition) is 7. The zero-order valence-corrected chi connectivity index (χ0v) is 18.4. The van der Waals surface area contributed by atoms with Gasteiger partial charge in [-0.2, -0.15) is 0 Å². The number of thiazole rings is 1. The molecular formula is C23H19N3O5S. The maximum absolute atomic E-state index is 13.4. The number of non-ortho nitro benzene ring substituents is 1. The van der Waals surface area contributed by atoms with Gasteiger partial charge in [0.25, 0.3) is 11.2 Å². The predicted molar refractivity (Wildman–Crippen MR) is 121 cm³/mol. The topological polar surface area (TPSA) is 104 Å². The Hall–Kier alpha value is -3.85. The van der Waals surface area contributed by atoms with Gasteiger partial charge in [0.2, 0.25) is 0 Å². The minimum Gasteiger partial charge on any atom is -0.497 e. The first-order valence-electron chi connectivity index (χ1n) is 9.72. The van der Waals surface area contributed by atoms with Crippen LogP contribution in [0.4, 0.5) is 5.69 Å². The van der Waals surface area contributed by atoms with Gasteiger partial charge in [-0.05, 0) is 43.2 Å². The van der Waals surface area contributed by atoms with Crippen LogP contribution in [0.15, 0.2) is 69.6 Å². The van der Waals surface area contributed by atoms with E-state index in [2.05, 4.69) is 4.99 Å². The molecule has 162 valence electrons. The fourth-order valence-corrected chi connectivity index (χ4v) is 4.80. The summed E-state index contributed by atoms with van der Waals surface area (Å²) in [4.78, 5) is 41.5. The van der Waals surface area contributed by atoms with Gasteiger partial charge in [-0.25, -0.2) is 4.99 Å². The van der Waals surface area contributed by atoms with Crippen LogP contribution in [0.5, 0.6) is 5.75 Å². The smallest absolute Gasteiger partial charge is 0.271 e.